The lowest BCUT2D eigenvalue weighted by Crippen LogP contribution is -2.66. The second kappa shape index (κ2) is 20.4. The van der Waals surface area contributed by atoms with E-state index in [1.165, 1.54) is 42.5 Å². The molecule has 1 unspecified atom stereocenters. The first-order chi connectivity index (χ1) is 36.5. The van der Waals surface area contributed by atoms with Crippen molar-refractivity contribution in [1.82, 2.24) is 0 Å². The molecule has 0 spiro atoms. The Morgan fingerprint density at radius 3 is 1.87 bits per heavy atom. The normalized spacial score (nSPS) is 40.3. The number of fused-ring (bicyclic) bond motifs is 4. The van der Waals surface area contributed by atoms with Gasteiger partial charge in [-0.25, -0.2) is 4.79 Å². The topological polar surface area (TPSA) is 286 Å². The van der Waals surface area contributed by atoms with Crippen LogP contribution in [0.25, 0.3) is 34.2 Å². The number of benzene rings is 2. The van der Waals surface area contributed by atoms with Gasteiger partial charge >= 0.3 is 5.63 Å². The Balaban J connectivity index is 0.887. The molecule has 6 heterocycles. The van der Waals surface area contributed by atoms with Gasteiger partial charge in [-0.1, -0.05) is 18.2 Å². The largest absolute Gasteiger partial charge is 0.508 e. The van der Waals surface area contributed by atoms with E-state index in [-0.39, 0.29) is 92.3 Å². The monoisotopic (exact) mass is 1070 g/mol. The quantitative estimate of drug-likeness (QED) is 0.140. The second-order valence-electron chi connectivity index (χ2n) is 22.5. The number of phenolic OH excluding ortho intramolecular Hbond substituents is 2. The van der Waals surface area contributed by atoms with Gasteiger partial charge in [0.1, 0.15) is 47.1 Å². The molecule has 77 heavy (non-hydrogen) atoms. The average molecular weight is 1070 g/mol. The van der Waals surface area contributed by atoms with E-state index in [0.29, 0.717) is 51.4 Å². The van der Waals surface area contributed by atoms with Crippen LogP contribution in [-0.4, -0.2) is 145 Å². The van der Waals surface area contributed by atoms with Crippen LogP contribution in [0.1, 0.15) is 141 Å². The lowest BCUT2D eigenvalue weighted by Gasteiger charge is -2.53. The third-order valence-electron chi connectivity index (χ3n) is 17.1. The zero-order valence-electron chi connectivity index (χ0n) is 43.9. The number of rotatable bonds is 10. The third-order valence-corrected chi connectivity index (χ3v) is 17.1. The van der Waals surface area contributed by atoms with Crippen molar-refractivity contribution >= 4 is 40.5 Å². The Hall–Kier alpha value is -4.78. The van der Waals surface area contributed by atoms with E-state index in [1.807, 2.05) is 13.8 Å². The summed E-state index contributed by atoms with van der Waals surface area (Å²) in [4.78, 5) is 53.6. The fourth-order valence-corrected chi connectivity index (χ4v) is 12.9. The summed E-state index contributed by atoms with van der Waals surface area (Å²) in [6.45, 7) is 10.4. The van der Waals surface area contributed by atoms with E-state index in [2.05, 4.69) is 0 Å². The number of carbonyl (C=O) groups is 3. The van der Waals surface area contributed by atoms with E-state index in [4.69, 9.17) is 47.0 Å². The van der Waals surface area contributed by atoms with Crippen LogP contribution in [0.2, 0.25) is 0 Å². The van der Waals surface area contributed by atoms with Gasteiger partial charge in [-0.2, -0.15) is 0 Å². The van der Waals surface area contributed by atoms with Crippen LogP contribution in [-0.2, 0) is 62.6 Å². The highest BCUT2D eigenvalue weighted by molar-refractivity contribution is 6.07. The van der Waals surface area contributed by atoms with Crippen LogP contribution < -0.4 is 5.63 Å². The number of ether oxygens (including phenoxy) is 9. The maximum atomic E-state index is 14.9. The number of Topliss-reactive ketones (excluding diaryl/α,β-unsaturated/α-hetero) is 3. The van der Waals surface area contributed by atoms with E-state index in [0.717, 1.165) is 0 Å². The first-order valence-electron chi connectivity index (χ1n) is 27.0. The predicted octanol–water partition coefficient (Wildman–Crippen LogP) is 5.32. The van der Waals surface area contributed by atoms with Crippen LogP contribution in [0, 0.1) is 0 Å². The van der Waals surface area contributed by atoms with Gasteiger partial charge < -0.3 is 77.7 Å². The van der Waals surface area contributed by atoms with Crippen molar-refractivity contribution in [2.24, 2.45) is 0 Å². The van der Waals surface area contributed by atoms with Gasteiger partial charge in [0.05, 0.1) is 53.9 Å². The molecule has 0 radical (unpaired) electrons. The van der Waals surface area contributed by atoms with Crippen LogP contribution >= 0.6 is 0 Å². The summed E-state index contributed by atoms with van der Waals surface area (Å²) < 4.78 is 62.0. The van der Waals surface area contributed by atoms with Crippen LogP contribution in [0.4, 0.5) is 0 Å². The van der Waals surface area contributed by atoms with Gasteiger partial charge in [-0.3, -0.25) is 14.4 Å². The molecule has 5 aliphatic heterocycles. The lowest BCUT2D eigenvalue weighted by atomic mass is 9.59. The highest BCUT2D eigenvalue weighted by atomic mass is 16.7. The Labute approximate surface area is 443 Å². The second-order valence-corrected chi connectivity index (χ2v) is 22.5. The van der Waals surface area contributed by atoms with Crippen molar-refractivity contribution in [3.05, 3.63) is 68.6 Å². The highest BCUT2D eigenvalue weighted by Crippen LogP contribution is 2.58. The molecule has 11 rings (SSSR count). The average Bonchev–Trinajstić information content (AvgIpc) is 3.37. The molecule has 0 bridgehead atoms. The summed E-state index contributed by atoms with van der Waals surface area (Å²) >= 11 is 0. The minimum Gasteiger partial charge on any atom is -0.508 e. The van der Waals surface area contributed by atoms with Gasteiger partial charge in [0.15, 0.2) is 48.1 Å². The van der Waals surface area contributed by atoms with Crippen molar-refractivity contribution in [3.63, 3.8) is 0 Å². The number of ketones is 3. The van der Waals surface area contributed by atoms with E-state index in [9.17, 15) is 49.8 Å². The highest BCUT2D eigenvalue weighted by Gasteiger charge is 2.65. The van der Waals surface area contributed by atoms with E-state index >= 15 is 0 Å². The van der Waals surface area contributed by atoms with Crippen molar-refractivity contribution in [2.45, 2.75) is 221 Å². The summed E-state index contributed by atoms with van der Waals surface area (Å²) in [6, 6.07) is 5.73. The lowest BCUT2D eigenvalue weighted by molar-refractivity contribution is -0.298. The van der Waals surface area contributed by atoms with Crippen LogP contribution in [0.5, 0.6) is 11.5 Å². The van der Waals surface area contributed by atoms with Gasteiger partial charge in [-0.15, -0.1) is 0 Å². The molecule has 2 aromatic carbocycles. The summed E-state index contributed by atoms with van der Waals surface area (Å²) in [5.74, 6) is -1.52. The summed E-state index contributed by atoms with van der Waals surface area (Å²) in [5.41, 5.74) is -8.09. The van der Waals surface area contributed by atoms with E-state index in [1.54, 1.807) is 27.7 Å². The molecule has 0 amide bonds. The summed E-state index contributed by atoms with van der Waals surface area (Å²) in [7, 11) is 0. The molecule has 416 valence electrons. The maximum absolute atomic E-state index is 14.9. The Morgan fingerprint density at radius 1 is 0.675 bits per heavy atom. The zero-order valence-corrected chi connectivity index (χ0v) is 43.9. The first-order valence-corrected chi connectivity index (χ1v) is 27.0. The Bertz CT molecular complexity index is 2950. The van der Waals surface area contributed by atoms with Crippen molar-refractivity contribution < 1.29 is 92.1 Å². The molecule has 20 nitrogen and oxygen atoms in total. The van der Waals surface area contributed by atoms with Gasteiger partial charge in [0.25, 0.3) is 0 Å². The molecular weight excluding hydrogens is 1000 g/mol. The van der Waals surface area contributed by atoms with Crippen molar-refractivity contribution in [1.29, 1.82) is 0 Å². The van der Waals surface area contributed by atoms with Gasteiger partial charge in [-0.05, 0) is 89.8 Å². The Morgan fingerprint density at radius 2 is 1.26 bits per heavy atom. The fraction of sp³-hybridized carbons (Fsp3) is 0.614. The minimum atomic E-state index is -2.83. The molecule has 3 aromatic rings. The number of phenols is 2. The molecule has 6 N–H and O–H groups in total. The number of aliphatic hydroxyl groups is 4. The minimum absolute atomic E-state index is 0.0102. The molecule has 1 saturated carbocycles. The number of hydrogen-bond donors (Lipinski definition) is 6. The molecule has 18 atom stereocenters. The molecule has 1 aromatic heterocycles. The van der Waals surface area contributed by atoms with Crippen molar-refractivity contribution in [2.75, 3.05) is 0 Å². The number of aliphatic hydroxyl groups excluding tert-OH is 2. The number of hydrogen-bond acceptors (Lipinski definition) is 20. The summed E-state index contributed by atoms with van der Waals surface area (Å²) in [5, 5.41) is 72.6. The maximum Gasteiger partial charge on any atom is 0.344 e. The smallest absolute Gasteiger partial charge is 0.344 e. The number of aromatic hydroxyl groups is 2. The third kappa shape index (κ3) is 9.63. The van der Waals surface area contributed by atoms with Crippen molar-refractivity contribution in [3.8, 4) is 22.6 Å². The molecule has 5 saturated heterocycles. The predicted molar refractivity (Wildman–Crippen MR) is 270 cm³/mol. The SMILES string of the molecule is C[C@@H]1O[C@@H](O[C@H]2CC[C@H](O[C@@H]3C[C@H](C4=Cc5c(-c6ccc(O)cc6)c(=O)oc6c7c(c(O)c(c56)C4O)C=C[C@]4(O)C[C@@](C)(O[C@H]5CC[C@H](O[C@H]6CCC(=O)[C@H](C)O6)[C@H](C)O5)CC(=O)[C@]74O)O[C@H](C)[C@H]3O)O[C@H]2C)CCC1=O. The molecule has 20 heteroatoms. The van der Waals surface area contributed by atoms with Gasteiger partial charge in [0, 0.05) is 85.4 Å². The van der Waals surface area contributed by atoms with Gasteiger partial charge in [0.2, 0.25) is 0 Å². The summed E-state index contributed by atoms with van der Waals surface area (Å²) in [6.07, 6.45) is -4.36. The molecule has 6 fully saturated rings. The van der Waals surface area contributed by atoms with E-state index < -0.39 is 120 Å². The molecule has 8 aliphatic rings. The number of carbonyl (C=O) groups excluding carboxylic acids is 3. The molecular formula is C57H68O20. The first kappa shape index (κ1) is 54.2. The molecule has 3 aliphatic carbocycles. The zero-order chi connectivity index (χ0) is 54.6. The van der Waals surface area contributed by atoms with Crippen LogP contribution in [0.15, 0.2) is 45.1 Å². The fourth-order valence-electron chi connectivity index (χ4n) is 12.9. The van der Waals surface area contributed by atoms with Crippen LogP contribution in [0.3, 0.4) is 0 Å². The standard InChI is InChI=1S/C57H68O20/c1-25-35(59)11-15-42(69-25)73-37-13-17-44(71-27(37)3)75-40-22-39(68-29(5)50(40)62)33-21-34-46(30-7-9-31(58)10-8-30)54(65)76-53-47(34)48(52(33)64)51(63)32-19-20-56(66)24-55(6,23-41(61)57(56,67)49(32)53)77-45-18-14-38(28(4)72-45)74-43-16-12-36(60)26(2)70-43/h7-10,19-21,25-29,37-40,42-45,50,52,58,62-64,66-67H,11-18,22-24H2,1-6H3/t25-,26-,27-,28-,29+,37-,38-,39+,40+,42-,43-,44-,45-,50+,52?,55-,56-,57-/m0/s1. The Kier molecular flexibility index (Phi) is 14.4.